The minimum atomic E-state index is -3.49. The van der Waals surface area contributed by atoms with Gasteiger partial charge in [-0.1, -0.05) is 51.1 Å². The highest BCUT2D eigenvalue weighted by molar-refractivity contribution is 7.89. The minimum Gasteiger partial charge on any atom is -0.361 e. The Bertz CT molecular complexity index is 965. The highest BCUT2D eigenvalue weighted by atomic mass is 32.2. The number of hydrogen-bond donors (Lipinski definition) is 2. The van der Waals surface area contributed by atoms with Gasteiger partial charge in [0.05, 0.1) is 4.90 Å². The van der Waals surface area contributed by atoms with Crippen molar-refractivity contribution in [2.45, 2.75) is 37.5 Å². The second-order valence-corrected chi connectivity index (χ2v) is 9.05. The fourth-order valence-corrected chi connectivity index (χ4v) is 3.91. The van der Waals surface area contributed by atoms with Crippen LogP contribution in [0.25, 0.3) is 10.9 Å². The Hall–Kier alpha value is -2.11. The van der Waals surface area contributed by atoms with E-state index in [1.165, 1.54) is 0 Å². The molecule has 0 spiro atoms. The Kier molecular flexibility index (Phi) is 4.71. The summed E-state index contributed by atoms with van der Waals surface area (Å²) in [6.45, 7) is 6.69. The van der Waals surface area contributed by atoms with Gasteiger partial charge in [0.1, 0.15) is 0 Å². The Morgan fingerprint density at radius 2 is 1.68 bits per heavy atom. The lowest BCUT2D eigenvalue weighted by atomic mass is 9.87. The van der Waals surface area contributed by atoms with Crippen molar-refractivity contribution in [1.82, 2.24) is 9.71 Å². The Morgan fingerprint density at radius 1 is 1.00 bits per heavy atom. The van der Waals surface area contributed by atoms with E-state index in [1.54, 1.807) is 12.1 Å². The maximum atomic E-state index is 12.5. The Morgan fingerprint density at radius 3 is 2.36 bits per heavy atom. The molecule has 0 fully saturated rings. The molecule has 2 N–H and O–H groups in total. The van der Waals surface area contributed by atoms with Crippen LogP contribution in [0.4, 0.5) is 0 Å². The van der Waals surface area contributed by atoms with Crippen molar-refractivity contribution >= 4 is 20.9 Å². The zero-order valence-electron chi connectivity index (χ0n) is 14.8. The van der Waals surface area contributed by atoms with Gasteiger partial charge in [-0.15, -0.1) is 0 Å². The number of rotatable bonds is 5. The quantitative estimate of drug-likeness (QED) is 0.726. The van der Waals surface area contributed by atoms with Gasteiger partial charge in [-0.2, -0.15) is 0 Å². The molecule has 0 aliphatic rings. The average molecular weight is 356 g/mol. The van der Waals surface area contributed by atoms with Crippen molar-refractivity contribution in [2.24, 2.45) is 0 Å². The molecule has 3 rings (SSSR count). The molecule has 0 atom stereocenters. The van der Waals surface area contributed by atoms with E-state index in [2.05, 4.69) is 30.5 Å². The van der Waals surface area contributed by atoms with Crippen LogP contribution in [-0.4, -0.2) is 19.9 Å². The first-order valence-corrected chi connectivity index (χ1v) is 9.91. The second kappa shape index (κ2) is 6.65. The molecule has 25 heavy (non-hydrogen) atoms. The standard InChI is InChI=1S/C20H24N2O2S/c1-20(2,3)16-8-10-17(11-9-16)25(23,24)22-13-12-15-14-21-19-7-5-4-6-18(15)19/h4-11,14,21-22H,12-13H2,1-3H3. The first kappa shape index (κ1) is 17.7. The molecule has 0 saturated heterocycles. The number of hydrogen-bond acceptors (Lipinski definition) is 2. The smallest absolute Gasteiger partial charge is 0.240 e. The number of aromatic amines is 1. The predicted molar refractivity (Wildman–Crippen MR) is 102 cm³/mol. The van der Waals surface area contributed by atoms with Gasteiger partial charge >= 0.3 is 0 Å². The molecule has 0 saturated carbocycles. The molecule has 2 aromatic carbocycles. The molecular weight excluding hydrogens is 332 g/mol. The van der Waals surface area contributed by atoms with E-state index >= 15 is 0 Å². The molecule has 1 aromatic heterocycles. The largest absolute Gasteiger partial charge is 0.361 e. The molecule has 0 amide bonds. The lowest BCUT2D eigenvalue weighted by molar-refractivity contribution is 0.578. The molecule has 1 heterocycles. The lowest BCUT2D eigenvalue weighted by Gasteiger charge is -2.19. The highest BCUT2D eigenvalue weighted by Gasteiger charge is 2.17. The summed E-state index contributed by atoms with van der Waals surface area (Å²) in [5.41, 5.74) is 3.30. The van der Waals surface area contributed by atoms with Crippen LogP contribution in [0.5, 0.6) is 0 Å². The fourth-order valence-electron chi connectivity index (χ4n) is 2.88. The molecule has 0 aliphatic heterocycles. The lowest BCUT2D eigenvalue weighted by Crippen LogP contribution is -2.26. The van der Waals surface area contributed by atoms with E-state index in [-0.39, 0.29) is 5.41 Å². The average Bonchev–Trinajstić information content (AvgIpc) is 2.97. The number of aromatic nitrogens is 1. The van der Waals surface area contributed by atoms with Gasteiger partial charge in [0.15, 0.2) is 0 Å². The van der Waals surface area contributed by atoms with Gasteiger partial charge in [-0.3, -0.25) is 0 Å². The van der Waals surface area contributed by atoms with Crippen molar-refractivity contribution in [2.75, 3.05) is 6.54 Å². The Balaban J connectivity index is 1.67. The number of fused-ring (bicyclic) bond motifs is 1. The van der Waals surface area contributed by atoms with E-state index in [0.717, 1.165) is 22.0 Å². The minimum absolute atomic E-state index is 0.00502. The van der Waals surface area contributed by atoms with Crippen LogP contribution in [0.2, 0.25) is 0 Å². The molecule has 0 bridgehead atoms. The van der Waals surface area contributed by atoms with Gasteiger partial charge in [-0.25, -0.2) is 13.1 Å². The number of H-pyrrole nitrogens is 1. The highest BCUT2D eigenvalue weighted by Crippen LogP contribution is 2.23. The van der Waals surface area contributed by atoms with Gasteiger partial charge in [0, 0.05) is 23.6 Å². The second-order valence-electron chi connectivity index (χ2n) is 7.28. The monoisotopic (exact) mass is 356 g/mol. The van der Waals surface area contributed by atoms with Crippen molar-refractivity contribution in [3.63, 3.8) is 0 Å². The van der Waals surface area contributed by atoms with Crippen molar-refractivity contribution in [3.05, 3.63) is 65.9 Å². The summed E-state index contributed by atoms with van der Waals surface area (Å²) >= 11 is 0. The van der Waals surface area contributed by atoms with Crippen LogP contribution in [0, 0.1) is 0 Å². The maximum Gasteiger partial charge on any atom is 0.240 e. The van der Waals surface area contributed by atoms with E-state index in [9.17, 15) is 8.42 Å². The van der Waals surface area contributed by atoms with Gasteiger partial charge < -0.3 is 4.98 Å². The SMILES string of the molecule is CC(C)(C)c1ccc(S(=O)(=O)NCCc2c[nH]c3ccccc23)cc1. The van der Waals surface area contributed by atoms with Crippen molar-refractivity contribution in [3.8, 4) is 0 Å². The van der Waals surface area contributed by atoms with Crippen LogP contribution in [0.1, 0.15) is 31.9 Å². The van der Waals surface area contributed by atoms with Crippen molar-refractivity contribution < 1.29 is 8.42 Å². The molecule has 132 valence electrons. The molecule has 0 aliphatic carbocycles. The summed E-state index contributed by atoms with van der Waals surface area (Å²) in [5.74, 6) is 0. The summed E-state index contributed by atoms with van der Waals surface area (Å²) in [7, 11) is -3.49. The number of nitrogens with one attached hydrogen (secondary N) is 2. The zero-order valence-corrected chi connectivity index (χ0v) is 15.7. The summed E-state index contributed by atoms with van der Waals surface area (Å²) in [5, 5.41) is 1.14. The summed E-state index contributed by atoms with van der Waals surface area (Å²) in [6.07, 6.45) is 2.58. The topological polar surface area (TPSA) is 62.0 Å². The summed E-state index contributed by atoms with van der Waals surface area (Å²) in [4.78, 5) is 3.52. The van der Waals surface area contributed by atoms with Gasteiger partial charge in [-0.05, 0) is 41.2 Å². The van der Waals surface area contributed by atoms with E-state index in [0.29, 0.717) is 17.9 Å². The summed E-state index contributed by atoms with van der Waals surface area (Å²) < 4.78 is 27.6. The molecular formula is C20H24N2O2S. The molecule has 3 aromatic rings. The molecule has 4 nitrogen and oxygen atoms in total. The van der Waals surface area contributed by atoms with Crippen LogP contribution in [-0.2, 0) is 21.9 Å². The van der Waals surface area contributed by atoms with Crippen LogP contribution < -0.4 is 4.72 Å². The fraction of sp³-hybridized carbons (Fsp3) is 0.300. The van der Waals surface area contributed by atoms with E-state index in [4.69, 9.17) is 0 Å². The van der Waals surface area contributed by atoms with Crippen LogP contribution >= 0.6 is 0 Å². The van der Waals surface area contributed by atoms with Crippen LogP contribution in [0.15, 0.2) is 59.6 Å². The Labute approximate surface area is 149 Å². The van der Waals surface area contributed by atoms with E-state index < -0.39 is 10.0 Å². The third-order valence-corrected chi connectivity index (χ3v) is 5.87. The number of para-hydroxylation sites is 1. The summed E-state index contributed by atoms with van der Waals surface area (Å²) in [6, 6.07) is 15.1. The third kappa shape index (κ3) is 3.94. The first-order chi connectivity index (χ1) is 11.8. The van der Waals surface area contributed by atoms with Gasteiger partial charge in [0.25, 0.3) is 0 Å². The maximum absolute atomic E-state index is 12.5. The molecule has 5 heteroatoms. The third-order valence-electron chi connectivity index (χ3n) is 4.39. The van der Waals surface area contributed by atoms with E-state index in [1.807, 2.05) is 42.6 Å². The zero-order chi connectivity index (χ0) is 18.1. The number of sulfonamides is 1. The molecule has 0 unspecified atom stereocenters. The predicted octanol–water partition coefficient (Wildman–Crippen LogP) is 3.99. The molecule has 0 radical (unpaired) electrons. The number of benzene rings is 2. The van der Waals surface area contributed by atoms with Crippen molar-refractivity contribution in [1.29, 1.82) is 0 Å². The van der Waals surface area contributed by atoms with Gasteiger partial charge in [0.2, 0.25) is 10.0 Å². The normalized spacial score (nSPS) is 12.6. The van der Waals surface area contributed by atoms with Crippen LogP contribution in [0.3, 0.4) is 0 Å². The first-order valence-electron chi connectivity index (χ1n) is 8.42.